The van der Waals surface area contributed by atoms with E-state index in [2.05, 4.69) is 10.3 Å². The van der Waals surface area contributed by atoms with E-state index in [1.807, 2.05) is 6.92 Å². The fraction of sp³-hybridized carbons (Fsp3) is 0.400. The summed E-state index contributed by atoms with van der Waals surface area (Å²) in [5.74, 6) is 0.151. The molecule has 0 saturated carbocycles. The van der Waals surface area contributed by atoms with E-state index in [1.165, 1.54) is 0 Å². The van der Waals surface area contributed by atoms with Crippen molar-refractivity contribution in [1.82, 2.24) is 4.98 Å². The van der Waals surface area contributed by atoms with Gasteiger partial charge < -0.3 is 15.8 Å². The lowest BCUT2D eigenvalue weighted by molar-refractivity contribution is -0.117. The molecule has 15 heavy (non-hydrogen) atoms. The molecule has 1 unspecified atom stereocenters. The Kier molecular flexibility index (Phi) is 4.05. The number of nitrogens with two attached hydrogens (primary N) is 1. The monoisotopic (exact) mass is 209 g/mol. The summed E-state index contributed by atoms with van der Waals surface area (Å²) in [6.45, 7) is 3.97. The molecule has 0 bridgehead atoms. The normalized spacial score (nSPS) is 11.9. The predicted molar refractivity (Wildman–Crippen MR) is 57.7 cm³/mol. The summed E-state index contributed by atoms with van der Waals surface area (Å²) >= 11 is 0. The van der Waals surface area contributed by atoms with E-state index >= 15 is 0 Å². The van der Waals surface area contributed by atoms with Crippen LogP contribution in [0.1, 0.15) is 13.8 Å². The number of hydrogen-bond acceptors (Lipinski definition) is 4. The van der Waals surface area contributed by atoms with Crippen molar-refractivity contribution in [3.63, 3.8) is 0 Å². The summed E-state index contributed by atoms with van der Waals surface area (Å²) in [7, 11) is 0. The van der Waals surface area contributed by atoms with Crippen LogP contribution in [0, 0.1) is 0 Å². The number of anilines is 1. The summed E-state index contributed by atoms with van der Waals surface area (Å²) in [5.41, 5.74) is 5.98. The SMILES string of the molecule is CCOc1ncccc1NC(=O)C(C)N. The van der Waals surface area contributed by atoms with Gasteiger partial charge in [-0.05, 0) is 26.0 Å². The van der Waals surface area contributed by atoms with Gasteiger partial charge in [-0.1, -0.05) is 0 Å². The molecule has 0 fully saturated rings. The molecule has 0 aliphatic rings. The van der Waals surface area contributed by atoms with Gasteiger partial charge in [0.25, 0.3) is 0 Å². The average Bonchev–Trinajstić information content (AvgIpc) is 2.21. The first kappa shape index (κ1) is 11.5. The summed E-state index contributed by atoms with van der Waals surface area (Å²) < 4.78 is 5.25. The molecule has 0 radical (unpaired) electrons. The van der Waals surface area contributed by atoms with Crippen molar-refractivity contribution in [2.24, 2.45) is 5.73 Å². The number of nitrogens with one attached hydrogen (secondary N) is 1. The van der Waals surface area contributed by atoms with Gasteiger partial charge in [0.1, 0.15) is 5.69 Å². The topological polar surface area (TPSA) is 77.2 Å². The summed E-state index contributed by atoms with van der Waals surface area (Å²) in [5, 5.41) is 2.64. The number of nitrogens with zero attached hydrogens (tertiary/aromatic N) is 1. The van der Waals surface area contributed by atoms with E-state index in [0.29, 0.717) is 18.2 Å². The zero-order chi connectivity index (χ0) is 11.3. The van der Waals surface area contributed by atoms with Crippen LogP contribution in [0.15, 0.2) is 18.3 Å². The highest BCUT2D eigenvalue weighted by atomic mass is 16.5. The summed E-state index contributed by atoms with van der Waals surface area (Å²) in [4.78, 5) is 15.4. The van der Waals surface area contributed by atoms with Gasteiger partial charge in [0, 0.05) is 6.20 Å². The number of ether oxygens (including phenoxy) is 1. The molecular weight excluding hydrogens is 194 g/mol. The molecule has 1 amide bonds. The second-order valence-corrected chi connectivity index (χ2v) is 3.07. The third kappa shape index (κ3) is 3.21. The molecule has 1 aromatic heterocycles. The van der Waals surface area contributed by atoms with Crippen LogP contribution in [-0.2, 0) is 4.79 Å². The average molecular weight is 209 g/mol. The molecule has 0 aromatic carbocycles. The van der Waals surface area contributed by atoms with Gasteiger partial charge in [-0.25, -0.2) is 4.98 Å². The molecule has 1 heterocycles. The van der Waals surface area contributed by atoms with Crippen LogP contribution < -0.4 is 15.8 Å². The molecule has 5 nitrogen and oxygen atoms in total. The van der Waals surface area contributed by atoms with Gasteiger partial charge in [-0.15, -0.1) is 0 Å². The van der Waals surface area contributed by atoms with Gasteiger partial charge in [0.05, 0.1) is 12.6 Å². The second kappa shape index (κ2) is 5.31. The zero-order valence-corrected chi connectivity index (χ0v) is 8.86. The number of aromatic nitrogens is 1. The van der Waals surface area contributed by atoms with Crippen molar-refractivity contribution >= 4 is 11.6 Å². The highest BCUT2D eigenvalue weighted by Crippen LogP contribution is 2.20. The lowest BCUT2D eigenvalue weighted by atomic mass is 10.3. The maximum Gasteiger partial charge on any atom is 0.241 e. The van der Waals surface area contributed by atoms with Crippen LogP contribution in [0.2, 0.25) is 0 Å². The lowest BCUT2D eigenvalue weighted by Crippen LogP contribution is -2.32. The molecule has 0 aliphatic heterocycles. The highest BCUT2D eigenvalue weighted by Gasteiger charge is 2.11. The van der Waals surface area contributed by atoms with Crippen molar-refractivity contribution < 1.29 is 9.53 Å². The molecule has 5 heteroatoms. The van der Waals surface area contributed by atoms with Gasteiger partial charge >= 0.3 is 0 Å². The largest absolute Gasteiger partial charge is 0.476 e. The molecule has 82 valence electrons. The van der Waals surface area contributed by atoms with E-state index < -0.39 is 6.04 Å². The van der Waals surface area contributed by atoms with Crippen LogP contribution in [-0.4, -0.2) is 23.5 Å². The van der Waals surface area contributed by atoms with Crippen LogP contribution >= 0.6 is 0 Å². The fourth-order valence-corrected chi connectivity index (χ4v) is 0.984. The summed E-state index contributed by atoms with van der Waals surface area (Å²) in [6.07, 6.45) is 1.60. The van der Waals surface area contributed by atoms with E-state index in [4.69, 9.17) is 10.5 Å². The Bertz CT molecular complexity index is 339. The van der Waals surface area contributed by atoms with E-state index in [0.717, 1.165) is 0 Å². The van der Waals surface area contributed by atoms with Crippen molar-refractivity contribution in [2.45, 2.75) is 19.9 Å². The van der Waals surface area contributed by atoms with Crippen molar-refractivity contribution in [3.05, 3.63) is 18.3 Å². The van der Waals surface area contributed by atoms with E-state index in [1.54, 1.807) is 25.3 Å². The highest BCUT2D eigenvalue weighted by molar-refractivity contribution is 5.95. The number of carbonyl (C=O) groups excluding carboxylic acids is 1. The van der Waals surface area contributed by atoms with Crippen LogP contribution in [0.3, 0.4) is 0 Å². The summed E-state index contributed by atoms with van der Waals surface area (Å²) in [6, 6.07) is 2.89. The van der Waals surface area contributed by atoms with Crippen LogP contribution in [0.25, 0.3) is 0 Å². The molecule has 1 atom stereocenters. The van der Waals surface area contributed by atoms with Gasteiger partial charge in [-0.3, -0.25) is 4.79 Å². The maximum absolute atomic E-state index is 11.3. The maximum atomic E-state index is 11.3. The van der Waals surface area contributed by atoms with Gasteiger partial charge in [0.15, 0.2) is 0 Å². The number of hydrogen-bond donors (Lipinski definition) is 2. The van der Waals surface area contributed by atoms with Crippen LogP contribution in [0.5, 0.6) is 5.88 Å². The van der Waals surface area contributed by atoms with Gasteiger partial charge in [0.2, 0.25) is 11.8 Å². The quantitative estimate of drug-likeness (QED) is 0.767. The number of rotatable bonds is 4. The number of pyridine rings is 1. The predicted octanol–water partition coefficient (Wildman–Crippen LogP) is 0.766. The Labute approximate surface area is 88.6 Å². The molecule has 1 rings (SSSR count). The molecular formula is C10H15N3O2. The molecule has 1 aromatic rings. The number of carbonyl (C=O) groups is 1. The third-order valence-corrected chi connectivity index (χ3v) is 1.72. The minimum atomic E-state index is -0.556. The van der Waals surface area contributed by atoms with Crippen LogP contribution in [0.4, 0.5) is 5.69 Å². The smallest absolute Gasteiger partial charge is 0.241 e. The Morgan fingerprint density at radius 1 is 1.73 bits per heavy atom. The standard InChI is InChI=1S/C10H15N3O2/c1-3-15-10-8(5-4-6-12-10)13-9(14)7(2)11/h4-7H,3,11H2,1-2H3,(H,13,14). The fourth-order valence-electron chi connectivity index (χ4n) is 0.984. The van der Waals surface area contributed by atoms with Gasteiger partial charge in [-0.2, -0.15) is 0 Å². The Morgan fingerprint density at radius 3 is 3.07 bits per heavy atom. The molecule has 0 aliphatic carbocycles. The first-order chi connectivity index (χ1) is 7.15. The molecule has 0 spiro atoms. The Hall–Kier alpha value is -1.62. The first-order valence-corrected chi connectivity index (χ1v) is 4.79. The third-order valence-electron chi connectivity index (χ3n) is 1.72. The second-order valence-electron chi connectivity index (χ2n) is 3.07. The minimum Gasteiger partial charge on any atom is -0.476 e. The molecule has 3 N–H and O–H groups in total. The molecule has 0 saturated heterocycles. The van der Waals surface area contributed by atoms with E-state index in [9.17, 15) is 4.79 Å². The minimum absolute atomic E-state index is 0.260. The first-order valence-electron chi connectivity index (χ1n) is 4.79. The van der Waals surface area contributed by atoms with Crippen molar-refractivity contribution in [1.29, 1.82) is 0 Å². The van der Waals surface area contributed by atoms with Crippen molar-refractivity contribution in [3.8, 4) is 5.88 Å². The Morgan fingerprint density at radius 2 is 2.47 bits per heavy atom. The lowest BCUT2D eigenvalue weighted by Gasteiger charge is -2.11. The zero-order valence-electron chi connectivity index (χ0n) is 8.86. The Balaban J connectivity index is 2.79. The number of amides is 1. The van der Waals surface area contributed by atoms with Crippen molar-refractivity contribution in [2.75, 3.05) is 11.9 Å². The van der Waals surface area contributed by atoms with E-state index in [-0.39, 0.29) is 5.91 Å².